The van der Waals surface area contributed by atoms with E-state index >= 15 is 0 Å². The van der Waals surface area contributed by atoms with E-state index in [1.165, 1.54) is 6.20 Å². The van der Waals surface area contributed by atoms with E-state index in [-0.39, 0.29) is 37.1 Å². The molecule has 0 aliphatic heterocycles. The molecule has 1 aromatic carbocycles. The van der Waals surface area contributed by atoms with Crippen LogP contribution < -0.4 is 0 Å². The Morgan fingerprint density at radius 1 is 1.00 bits per heavy atom. The number of rotatable bonds is 2. The molecule has 2 aromatic rings. The lowest BCUT2D eigenvalue weighted by Gasteiger charge is -2.14. The Balaban J connectivity index is 2.83. The second-order valence-corrected chi connectivity index (χ2v) is 5.83. The number of halogens is 6. The average molecular weight is 384 g/mol. The standard InChI is InChI=1S/C13H4Cl5FN2/c14-9-8(10(15)12(17)13(18)11(9)16)6-4-21-7(19)3-5(6)1-2-20/h3-4H,1H2. The maximum Gasteiger partial charge on any atom is 0.213 e. The summed E-state index contributed by atoms with van der Waals surface area (Å²) >= 11 is 30.2. The zero-order valence-corrected chi connectivity index (χ0v) is 13.8. The Bertz CT molecular complexity index is 741. The highest BCUT2D eigenvalue weighted by molar-refractivity contribution is 6.56. The summed E-state index contributed by atoms with van der Waals surface area (Å²) in [5, 5.41) is 9.03. The average Bonchev–Trinajstić information content (AvgIpc) is 2.46. The van der Waals surface area contributed by atoms with Crippen molar-refractivity contribution in [2.75, 3.05) is 0 Å². The molecule has 0 N–H and O–H groups in total. The summed E-state index contributed by atoms with van der Waals surface area (Å²) in [6.45, 7) is 0. The van der Waals surface area contributed by atoms with Crippen LogP contribution >= 0.6 is 58.0 Å². The molecule has 0 radical (unpaired) electrons. The molecule has 0 saturated heterocycles. The third kappa shape index (κ3) is 3.06. The first-order valence-electron chi connectivity index (χ1n) is 5.41. The smallest absolute Gasteiger partial charge is 0.213 e. The molecule has 0 unspecified atom stereocenters. The minimum absolute atomic E-state index is 0.0222. The van der Waals surface area contributed by atoms with Crippen molar-refractivity contribution in [1.29, 1.82) is 5.26 Å². The van der Waals surface area contributed by atoms with Gasteiger partial charge in [0.1, 0.15) is 0 Å². The van der Waals surface area contributed by atoms with Gasteiger partial charge in [-0.2, -0.15) is 9.65 Å². The van der Waals surface area contributed by atoms with Crippen molar-refractivity contribution in [2.24, 2.45) is 0 Å². The van der Waals surface area contributed by atoms with E-state index in [1.54, 1.807) is 0 Å². The Hall–Kier alpha value is -0.760. The van der Waals surface area contributed by atoms with Gasteiger partial charge >= 0.3 is 0 Å². The van der Waals surface area contributed by atoms with E-state index in [0.717, 1.165) is 6.07 Å². The Labute approximate surface area is 145 Å². The van der Waals surface area contributed by atoms with Crippen LogP contribution in [0.15, 0.2) is 12.3 Å². The van der Waals surface area contributed by atoms with Gasteiger partial charge in [-0.1, -0.05) is 58.0 Å². The van der Waals surface area contributed by atoms with Crippen LogP contribution in [0, 0.1) is 17.3 Å². The quantitative estimate of drug-likeness (QED) is 0.350. The fraction of sp³-hybridized carbons (Fsp3) is 0.0769. The van der Waals surface area contributed by atoms with Crippen molar-refractivity contribution in [3.63, 3.8) is 0 Å². The molecule has 0 spiro atoms. The molecule has 0 aliphatic carbocycles. The number of pyridine rings is 1. The van der Waals surface area contributed by atoms with Gasteiger partial charge in [0.05, 0.1) is 37.6 Å². The second kappa shape index (κ2) is 6.56. The van der Waals surface area contributed by atoms with Gasteiger partial charge in [-0.15, -0.1) is 0 Å². The molecule has 2 rings (SSSR count). The van der Waals surface area contributed by atoms with Crippen LogP contribution in [0.3, 0.4) is 0 Å². The van der Waals surface area contributed by atoms with E-state index in [9.17, 15) is 4.39 Å². The van der Waals surface area contributed by atoms with Crippen molar-refractivity contribution in [1.82, 2.24) is 4.98 Å². The molecule has 21 heavy (non-hydrogen) atoms. The van der Waals surface area contributed by atoms with Crippen molar-refractivity contribution < 1.29 is 4.39 Å². The molecule has 0 saturated carbocycles. The molecular formula is C13H4Cl5FN2. The van der Waals surface area contributed by atoms with E-state index < -0.39 is 5.95 Å². The number of benzene rings is 1. The molecule has 1 aromatic heterocycles. The molecule has 0 bridgehead atoms. The normalized spacial score (nSPS) is 10.5. The predicted molar refractivity (Wildman–Crippen MR) is 84.0 cm³/mol. The monoisotopic (exact) mass is 382 g/mol. The van der Waals surface area contributed by atoms with Gasteiger partial charge in [-0.05, 0) is 11.6 Å². The van der Waals surface area contributed by atoms with Crippen molar-refractivity contribution >= 4 is 58.0 Å². The van der Waals surface area contributed by atoms with Crippen molar-refractivity contribution in [3.8, 4) is 17.2 Å². The van der Waals surface area contributed by atoms with Gasteiger partial charge in [0.15, 0.2) is 0 Å². The summed E-state index contributed by atoms with van der Waals surface area (Å²) in [7, 11) is 0. The fourth-order valence-electron chi connectivity index (χ4n) is 1.77. The molecule has 108 valence electrons. The van der Waals surface area contributed by atoms with E-state index in [2.05, 4.69) is 4.98 Å². The molecule has 0 aliphatic rings. The number of nitrogens with zero attached hydrogens (tertiary/aromatic N) is 2. The molecule has 0 atom stereocenters. The second-order valence-electron chi connectivity index (χ2n) is 3.94. The van der Waals surface area contributed by atoms with Crippen LogP contribution in [0.4, 0.5) is 4.39 Å². The third-order valence-electron chi connectivity index (χ3n) is 2.70. The molecule has 8 heteroatoms. The van der Waals surface area contributed by atoms with Gasteiger partial charge in [0.2, 0.25) is 5.95 Å². The lowest BCUT2D eigenvalue weighted by Crippen LogP contribution is -1.96. The number of hydrogen-bond donors (Lipinski definition) is 0. The van der Waals surface area contributed by atoms with Crippen LogP contribution in [0.25, 0.3) is 11.1 Å². The first-order chi connectivity index (χ1) is 9.88. The topological polar surface area (TPSA) is 36.7 Å². The van der Waals surface area contributed by atoms with Crippen LogP contribution in [0.1, 0.15) is 5.56 Å². The van der Waals surface area contributed by atoms with Crippen LogP contribution in [-0.4, -0.2) is 4.98 Å². The van der Waals surface area contributed by atoms with Crippen LogP contribution in [-0.2, 0) is 6.42 Å². The molecule has 0 fully saturated rings. The summed E-state index contributed by atoms with van der Waals surface area (Å²) in [6, 6.07) is 3.05. The Morgan fingerprint density at radius 3 is 2.05 bits per heavy atom. The number of hydrogen-bond acceptors (Lipinski definition) is 2. The van der Waals surface area contributed by atoms with Crippen LogP contribution in [0.5, 0.6) is 0 Å². The summed E-state index contributed by atoms with van der Waals surface area (Å²) in [4.78, 5) is 3.55. The molecular weight excluding hydrogens is 380 g/mol. The van der Waals surface area contributed by atoms with Crippen molar-refractivity contribution in [2.45, 2.75) is 6.42 Å². The summed E-state index contributed by atoms with van der Waals surface area (Å²) < 4.78 is 13.3. The first kappa shape index (κ1) is 16.6. The zero-order chi connectivity index (χ0) is 15.7. The summed E-state index contributed by atoms with van der Waals surface area (Å²) in [5.74, 6) is -0.720. The fourth-order valence-corrected chi connectivity index (χ4v) is 3.11. The maximum atomic E-state index is 13.3. The summed E-state index contributed by atoms with van der Waals surface area (Å²) in [5.41, 5.74) is 0.993. The Kier molecular flexibility index (Phi) is 5.19. The van der Waals surface area contributed by atoms with Gasteiger partial charge < -0.3 is 0 Å². The van der Waals surface area contributed by atoms with Gasteiger partial charge in [0.25, 0.3) is 0 Å². The van der Waals surface area contributed by atoms with E-state index in [0.29, 0.717) is 11.1 Å². The minimum atomic E-state index is -0.720. The minimum Gasteiger partial charge on any atom is -0.228 e. The Morgan fingerprint density at radius 2 is 1.52 bits per heavy atom. The third-order valence-corrected chi connectivity index (χ3v) is 4.98. The molecule has 1 heterocycles. The van der Waals surface area contributed by atoms with Gasteiger partial charge in [0, 0.05) is 17.3 Å². The maximum absolute atomic E-state index is 13.3. The van der Waals surface area contributed by atoms with Gasteiger partial charge in [-0.3, -0.25) is 0 Å². The largest absolute Gasteiger partial charge is 0.228 e. The number of aromatic nitrogens is 1. The highest BCUT2D eigenvalue weighted by Crippen LogP contribution is 2.48. The van der Waals surface area contributed by atoms with Gasteiger partial charge in [-0.25, -0.2) is 4.98 Å². The summed E-state index contributed by atoms with van der Waals surface area (Å²) in [6.07, 6.45) is 1.16. The zero-order valence-electron chi connectivity index (χ0n) is 10.0. The first-order valence-corrected chi connectivity index (χ1v) is 7.30. The number of nitriles is 1. The predicted octanol–water partition coefficient (Wildman–Crippen LogP) is 6.22. The van der Waals surface area contributed by atoms with Crippen LogP contribution in [0.2, 0.25) is 25.1 Å². The van der Waals surface area contributed by atoms with Crippen molar-refractivity contribution in [3.05, 3.63) is 48.9 Å². The molecule has 2 nitrogen and oxygen atoms in total. The lowest BCUT2D eigenvalue weighted by atomic mass is 10.00. The van der Waals surface area contributed by atoms with E-state index in [1.807, 2.05) is 6.07 Å². The van der Waals surface area contributed by atoms with E-state index in [4.69, 9.17) is 63.3 Å². The molecule has 0 amide bonds. The highest BCUT2D eigenvalue weighted by Gasteiger charge is 2.22. The lowest BCUT2D eigenvalue weighted by molar-refractivity contribution is 0.582. The SMILES string of the molecule is N#CCc1cc(F)ncc1-c1c(Cl)c(Cl)c(Cl)c(Cl)c1Cl. The highest BCUT2D eigenvalue weighted by atomic mass is 35.5.